The predicted molar refractivity (Wildman–Crippen MR) is 177 cm³/mol. The average molecular weight is 688 g/mol. The maximum atomic E-state index is 14.7. The fourth-order valence-electron chi connectivity index (χ4n) is 5.14. The largest absolute Gasteiger partial charge is 0.507 e. The van der Waals surface area contributed by atoms with Gasteiger partial charge in [0.25, 0.3) is 5.78 Å². The van der Waals surface area contributed by atoms with Crippen molar-refractivity contribution >= 4 is 45.7 Å². The monoisotopic (exact) mass is 687 g/mol. The van der Waals surface area contributed by atoms with Crippen LogP contribution in [0.3, 0.4) is 0 Å². The zero-order chi connectivity index (χ0) is 33.8. The molecule has 1 atom stereocenters. The van der Waals surface area contributed by atoms with Gasteiger partial charge in [0.05, 0.1) is 25.8 Å². The Bertz CT molecular complexity index is 2020. The molecule has 1 aliphatic rings. The molecule has 1 fully saturated rings. The smallest absolute Gasteiger partial charge is 0.301 e. The van der Waals surface area contributed by atoms with Crippen molar-refractivity contribution in [3.8, 4) is 17.2 Å². The number of nitrogens with zero attached hydrogens (tertiary/aromatic N) is 3. The van der Waals surface area contributed by atoms with Gasteiger partial charge in [0.15, 0.2) is 27.4 Å². The Kier molecular flexibility index (Phi) is 9.69. The third kappa shape index (κ3) is 6.60. The molecule has 0 unspecified atom stereocenters. The van der Waals surface area contributed by atoms with E-state index in [2.05, 4.69) is 10.2 Å². The van der Waals surface area contributed by atoms with Crippen molar-refractivity contribution < 1.29 is 37.7 Å². The molecular formula is C35H27F2N3O6S2. The maximum Gasteiger partial charge on any atom is 0.301 e. The lowest BCUT2D eigenvalue weighted by atomic mass is 9.95. The number of Topliss-reactive ketones (excluding diaryl/α,β-unsaturated/α-hetero) is 1. The highest BCUT2D eigenvalue weighted by atomic mass is 32.2. The van der Waals surface area contributed by atoms with Gasteiger partial charge in [-0.3, -0.25) is 14.5 Å². The highest BCUT2D eigenvalue weighted by molar-refractivity contribution is 8.00. The van der Waals surface area contributed by atoms with Gasteiger partial charge in [0.1, 0.15) is 18.2 Å². The van der Waals surface area contributed by atoms with E-state index >= 15 is 0 Å². The van der Waals surface area contributed by atoms with Crippen LogP contribution in [0, 0.1) is 11.6 Å². The summed E-state index contributed by atoms with van der Waals surface area (Å²) in [6.07, 6.45) is 0. The Morgan fingerprint density at radius 1 is 0.875 bits per heavy atom. The molecule has 244 valence electrons. The first-order valence-corrected chi connectivity index (χ1v) is 16.3. The molecule has 1 aliphatic heterocycles. The average Bonchev–Trinajstić information content (AvgIpc) is 3.68. The second kappa shape index (κ2) is 14.2. The highest BCUT2D eigenvalue weighted by Gasteiger charge is 2.48. The third-order valence-electron chi connectivity index (χ3n) is 7.52. The second-order valence-electron chi connectivity index (χ2n) is 10.4. The Labute approximate surface area is 282 Å². The van der Waals surface area contributed by atoms with Crippen molar-refractivity contribution in [2.24, 2.45) is 0 Å². The molecule has 4 aromatic carbocycles. The normalized spacial score (nSPS) is 15.5. The second-order valence-corrected chi connectivity index (χ2v) is 12.6. The van der Waals surface area contributed by atoms with Gasteiger partial charge in [0, 0.05) is 11.3 Å². The zero-order valence-electron chi connectivity index (χ0n) is 25.6. The minimum absolute atomic E-state index is 0.0375. The number of thioether (sulfide) groups is 1. The van der Waals surface area contributed by atoms with Crippen molar-refractivity contribution in [2.75, 3.05) is 19.1 Å². The number of hydrogen-bond acceptors (Lipinski definition) is 10. The van der Waals surface area contributed by atoms with Crippen LogP contribution in [0.25, 0.3) is 5.76 Å². The number of ether oxygens (including phenoxy) is 3. The number of methoxy groups -OCH3 is 2. The summed E-state index contributed by atoms with van der Waals surface area (Å²) >= 11 is 2.25. The van der Waals surface area contributed by atoms with E-state index < -0.39 is 29.3 Å². The van der Waals surface area contributed by atoms with Gasteiger partial charge in [-0.05, 0) is 53.1 Å². The summed E-state index contributed by atoms with van der Waals surface area (Å²) < 4.78 is 45.9. The van der Waals surface area contributed by atoms with Crippen LogP contribution in [0.4, 0.5) is 13.9 Å². The van der Waals surface area contributed by atoms with Crippen LogP contribution in [0.5, 0.6) is 17.2 Å². The fraction of sp³-hybridized carbons (Fsp3) is 0.143. The molecule has 0 radical (unpaired) electrons. The SMILES string of the molecule is COc1ccc(C(O)=C2C(=O)C(=O)N(c3nnc(SCc4ccccc4F)s3)[C@@H]2c2ccc(OCc3ccccc3)c(OC)c2)cc1F. The molecule has 48 heavy (non-hydrogen) atoms. The fourth-order valence-corrected chi connectivity index (χ4v) is 6.99. The molecule has 1 amide bonds. The van der Waals surface area contributed by atoms with Gasteiger partial charge in [-0.2, -0.15) is 0 Å². The quantitative estimate of drug-likeness (QED) is 0.0502. The number of halogens is 2. The lowest BCUT2D eigenvalue weighted by molar-refractivity contribution is -0.132. The number of rotatable bonds is 11. The minimum Gasteiger partial charge on any atom is -0.507 e. The van der Waals surface area contributed by atoms with Crippen LogP contribution < -0.4 is 19.1 Å². The molecule has 2 heterocycles. The molecule has 0 aliphatic carbocycles. The highest BCUT2D eigenvalue weighted by Crippen LogP contribution is 2.46. The number of carbonyl (C=O) groups is 2. The molecule has 6 rings (SSSR count). The number of aromatic nitrogens is 2. The number of hydrogen-bond donors (Lipinski definition) is 1. The van der Waals surface area contributed by atoms with Gasteiger partial charge in [0.2, 0.25) is 5.13 Å². The van der Waals surface area contributed by atoms with E-state index in [0.717, 1.165) is 27.9 Å². The number of carbonyl (C=O) groups excluding carboxylic acids is 2. The first kappa shape index (κ1) is 32.7. The summed E-state index contributed by atoms with van der Waals surface area (Å²) in [5.41, 5.74) is 1.45. The van der Waals surface area contributed by atoms with E-state index in [4.69, 9.17) is 14.2 Å². The molecule has 1 aromatic heterocycles. The molecule has 1 N–H and O–H groups in total. The Balaban J connectivity index is 1.40. The third-order valence-corrected chi connectivity index (χ3v) is 9.63. The number of ketones is 1. The number of amides is 1. The Morgan fingerprint density at radius 3 is 2.33 bits per heavy atom. The molecule has 0 spiro atoms. The minimum atomic E-state index is -1.20. The number of benzene rings is 4. The van der Waals surface area contributed by atoms with E-state index in [1.807, 2.05) is 30.3 Å². The van der Waals surface area contributed by atoms with E-state index in [-0.39, 0.29) is 40.2 Å². The summed E-state index contributed by atoms with van der Waals surface area (Å²) in [5, 5.41) is 19.9. The van der Waals surface area contributed by atoms with E-state index in [9.17, 15) is 23.5 Å². The lowest BCUT2D eigenvalue weighted by Gasteiger charge is -2.23. The first-order chi connectivity index (χ1) is 23.3. The molecule has 0 bridgehead atoms. The van der Waals surface area contributed by atoms with Crippen molar-refractivity contribution in [3.05, 3.63) is 130 Å². The lowest BCUT2D eigenvalue weighted by Crippen LogP contribution is -2.29. The van der Waals surface area contributed by atoms with Crippen LogP contribution in [0.2, 0.25) is 0 Å². The van der Waals surface area contributed by atoms with Crippen LogP contribution >= 0.6 is 23.1 Å². The van der Waals surface area contributed by atoms with Crippen molar-refractivity contribution in [1.29, 1.82) is 0 Å². The van der Waals surface area contributed by atoms with E-state index in [1.165, 1.54) is 44.2 Å². The molecule has 0 saturated carbocycles. The van der Waals surface area contributed by atoms with Gasteiger partial charge in [-0.25, -0.2) is 8.78 Å². The molecule has 5 aromatic rings. The van der Waals surface area contributed by atoms with Crippen molar-refractivity contribution in [3.63, 3.8) is 0 Å². The summed E-state index contributed by atoms with van der Waals surface area (Å²) in [5.74, 6) is -2.79. The molecule has 9 nitrogen and oxygen atoms in total. The summed E-state index contributed by atoms with van der Waals surface area (Å²) in [6, 6.07) is 23.3. The van der Waals surface area contributed by atoms with Crippen LogP contribution in [-0.2, 0) is 21.9 Å². The Hall–Kier alpha value is -5.27. The standard InChI is InChI=1S/C35H27F2N3O6S2/c1-44-26-14-13-22(16-25(26)37)31(41)29-30(21-12-15-27(28(17-21)45-2)46-18-20-8-4-3-5-9-20)40(33(43)32(29)42)34-38-39-35(48-34)47-19-23-10-6-7-11-24(23)36/h3-17,30,41H,18-19H2,1-2H3/t30-/m1/s1. The van der Waals surface area contributed by atoms with Gasteiger partial charge < -0.3 is 19.3 Å². The molecule has 1 saturated heterocycles. The summed E-state index contributed by atoms with van der Waals surface area (Å²) in [4.78, 5) is 28.5. The molecular weight excluding hydrogens is 661 g/mol. The Morgan fingerprint density at radius 2 is 1.60 bits per heavy atom. The molecule has 13 heteroatoms. The van der Waals surface area contributed by atoms with Crippen LogP contribution in [0.1, 0.15) is 28.3 Å². The van der Waals surface area contributed by atoms with Crippen LogP contribution in [-0.4, -0.2) is 41.2 Å². The van der Waals surface area contributed by atoms with Gasteiger partial charge in [-0.1, -0.05) is 77.7 Å². The van der Waals surface area contributed by atoms with Gasteiger partial charge in [-0.15, -0.1) is 10.2 Å². The predicted octanol–water partition coefficient (Wildman–Crippen LogP) is 7.33. The van der Waals surface area contributed by atoms with E-state index in [1.54, 1.807) is 36.4 Å². The number of aliphatic hydroxyl groups excluding tert-OH is 1. The van der Waals surface area contributed by atoms with Crippen molar-refractivity contribution in [1.82, 2.24) is 10.2 Å². The van der Waals surface area contributed by atoms with Gasteiger partial charge >= 0.3 is 5.91 Å². The van der Waals surface area contributed by atoms with Crippen molar-refractivity contribution in [2.45, 2.75) is 22.7 Å². The summed E-state index contributed by atoms with van der Waals surface area (Å²) in [7, 11) is 2.75. The van der Waals surface area contributed by atoms with Crippen LogP contribution in [0.15, 0.2) is 101 Å². The maximum absolute atomic E-state index is 14.7. The number of anilines is 1. The number of aliphatic hydroxyl groups is 1. The summed E-state index contributed by atoms with van der Waals surface area (Å²) in [6.45, 7) is 0.260. The van der Waals surface area contributed by atoms with E-state index in [0.29, 0.717) is 27.0 Å². The zero-order valence-corrected chi connectivity index (χ0v) is 27.2. The topological polar surface area (TPSA) is 111 Å². The first-order valence-electron chi connectivity index (χ1n) is 14.5.